The van der Waals surface area contributed by atoms with Gasteiger partial charge in [-0.3, -0.25) is 0 Å². The van der Waals surface area contributed by atoms with Crippen molar-refractivity contribution in [3.05, 3.63) is 30.2 Å². The van der Waals surface area contributed by atoms with Gasteiger partial charge in [0.25, 0.3) is 0 Å². The second kappa shape index (κ2) is 3.09. The van der Waals surface area contributed by atoms with Crippen molar-refractivity contribution in [1.29, 1.82) is 0 Å². The van der Waals surface area contributed by atoms with Gasteiger partial charge in [-0.15, -0.1) is 0 Å². The average molecular weight is 190 g/mol. The van der Waals surface area contributed by atoms with Gasteiger partial charge in [-0.25, -0.2) is 9.18 Å². The monoisotopic (exact) mass is 190 g/mol. The lowest BCUT2D eigenvalue weighted by Gasteiger charge is -1.94. The summed E-state index contributed by atoms with van der Waals surface area (Å²) in [7, 11) is 1.77. The highest BCUT2D eigenvalue weighted by Crippen LogP contribution is 2.27. The minimum Gasteiger partial charge on any atom is -0.348 e. The summed E-state index contributed by atoms with van der Waals surface area (Å²) in [6.07, 6.45) is 3.13. The maximum atomic E-state index is 12.9. The van der Waals surface area contributed by atoms with Crippen LogP contribution in [-0.2, 0) is 11.8 Å². The number of carbonyl (C=O) groups excluding carboxylic acids is 1. The second-order valence-corrected chi connectivity index (χ2v) is 2.99. The van der Waals surface area contributed by atoms with Gasteiger partial charge in [0.05, 0.1) is 5.52 Å². The minimum atomic E-state index is -0.305. The van der Waals surface area contributed by atoms with Crippen LogP contribution in [-0.4, -0.2) is 10.6 Å². The quantitative estimate of drug-likeness (QED) is 0.501. The predicted molar refractivity (Wildman–Crippen MR) is 50.7 cm³/mol. The predicted octanol–water partition coefficient (Wildman–Crippen LogP) is 2.28. The maximum absolute atomic E-state index is 12.9. The standard InChI is InChI=1S/C10H7FN2O/c1-13-5-9(12-6-14)8-3-2-7(11)4-10(8)13/h2-5H,1H3. The van der Waals surface area contributed by atoms with E-state index < -0.39 is 0 Å². The average Bonchev–Trinajstić information content (AvgIpc) is 2.44. The Morgan fingerprint density at radius 1 is 1.50 bits per heavy atom. The van der Waals surface area contributed by atoms with Crippen molar-refractivity contribution < 1.29 is 9.18 Å². The molecule has 0 atom stereocenters. The minimum absolute atomic E-state index is 0.305. The zero-order valence-electron chi connectivity index (χ0n) is 7.49. The number of fused-ring (bicyclic) bond motifs is 1. The van der Waals surface area contributed by atoms with Crippen LogP contribution in [0, 0.1) is 5.82 Å². The number of aliphatic imine (C=N–C) groups is 1. The second-order valence-electron chi connectivity index (χ2n) is 2.99. The molecule has 0 saturated carbocycles. The van der Waals surface area contributed by atoms with E-state index in [0.29, 0.717) is 11.2 Å². The van der Waals surface area contributed by atoms with E-state index in [9.17, 15) is 9.18 Å². The lowest BCUT2D eigenvalue weighted by Crippen LogP contribution is -1.83. The van der Waals surface area contributed by atoms with Crippen LogP contribution < -0.4 is 0 Å². The molecule has 0 bridgehead atoms. The van der Waals surface area contributed by atoms with Gasteiger partial charge < -0.3 is 4.57 Å². The fraction of sp³-hybridized carbons (Fsp3) is 0.100. The van der Waals surface area contributed by atoms with Crippen molar-refractivity contribution >= 4 is 22.7 Å². The third-order valence-corrected chi connectivity index (χ3v) is 2.10. The molecule has 1 aromatic carbocycles. The molecular formula is C10H7FN2O. The van der Waals surface area contributed by atoms with Gasteiger partial charge in [0.15, 0.2) is 0 Å². The summed E-state index contributed by atoms with van der Waals surface area (Å²) in [5, 5.41) is 0.747. The van der Waals surface area contributed by atoms with Gasteiger partial charge in [-0.05, 0) is 18.2 Å². The Labute approximate surface area is 79.5 Å². The van der Waals surface area contributed by atoms with Crippen molar-refractivity contribution in [2.75, 3.05) is 0 Å². The smallest absolute Gasteiger partial charge is 0.240 e. The van der Waals surface area contributed by atoms with E-state index >= 15 is 0 Å². The molecule has 0 aliphatic rings. The van der Waals surface area contributed by atoms with E-state index in [2.05, 4.69) is 4.99 Å². The van der Waals surface area contributed by atoms with E-state index in [0.717, 1.165) is 5.39 Å². The third-order valence-electron chi connectivity index (χ3n) is 2.10. The third kappa shape index (κ3) is 1.22. The van der Waals surface area contributed by atoms with Crippen LogP contribution in [0.5, 0.6) is 0 Å². The molecule has 0 aliphatic heterocycles. The van der Waals surface area contributed by atoms with Crippen LogP contribution in [0.15, 0.2) is 29.4 Å². The maximum Gasteiger partial charge on any atom is 0.240 e. The fourth-order valence-electron chi connectivity index (χ4n) is 1.47. The number of halogens is 1. The van der Waals surface area contributed by atoms with Crippen LogP contribution in [0.25, 0.3) is 10.9 Å². The normalized spacial score (nSPS) is 10.1. The molecule has 0 spiro atoms. The molecule has 0 N–H and O–H groups in total. The molecule has 0 amide bonds. The highest BCUT2D eigenvalue weighted by Gasteiger charge is 2.05. The van der Waals surface area contributed by atoms with Crippen molar-refractivity contribution in [1.82, 2.24) is 4.57 Å². The van der Waals surface area contributed by atoms with E-state index in [1.807, 2.05) is 0 Å². The van der Waals surface area contributed by atoms with Gasteiger partial charge in [-0.2, -0.15) is 4.99 Å². The van der Waals surface area contributed by atoms with E-state index in [1.54, 1.807) is 23.9 Å². The summed E-state index contributed by atoms with van der Waals surface area (Å²) in [6, 6.07) is 4.34. The molecule has 3 nitrogen and oxygen atoms in total. The van der Waals surface area contributed by atoms with Crippen molar-refractivity contribution in [3.8, 4) is 0 Å². The van der Waals surface area contributed by atoms with E-state index in [4.69, 9.17) is 0 Å². The lowest BCUT2D eigenvalue weighted by molar-refractivity contribution is 0.565. The van der Waals surface area contributed by atoms with Crippen molar-refractivity contribution in [3.63, 3.8) is 0 Å². The van der Waals surface area contributed by atoms with Crippen LogP contribution >= 0.6 is 0 Å². The molecule has 0 fully saturated rings. The molecule has 2 aromatic rings. The molecule has 4 heteroatoms. The number of aryl methyl sites for hydroxylation is 1. The van der Waals surface area contributed by atoms with Crippen LogP contribution in [0.4, 0.5) is 10.1 Å². The topological polar surface area (TPSA) is 34.4 Å². The first kappa shape index (κ1) is 8.66. The Morgan fingerprint density at radius 3 is 3.00 bits per heavy atom. The van der Waals surface area contributed by atoms with E-state index in [-0.39, 0.29) is 5.82 Å². The Kier molecular flexibility index (Phi) is 1.91. The molecule has 1 heterocycles. The summed E-state index contributed by atoms with van der Waals surface area (Å²) < 4.78 is 14.6. The van der Waals surface area contributed by atoms with Crippen LogP contribution in [0.2, 0.25) is 0 Å². The first-order valence-electron chi connectivity index (χ1n) is 4.05. The molecule has 0 unspecified atom stereocenters. The first-order chi connectivity index (χ1) is 6.72. The number of isocyanates is 1. The van der Waals surface area contributed by atoms with Gasteiger partial charge >= 0.3 is 0 Å². The number of hydrogen-bond acceptors (Lipinski definition) is 2. The molecule has 0 aliphatic carbocycles. The molecular weight excluding hydrogens is 183 g/mol. The molecule has 14 heavy (non-hydrogen) atoms. The fourth-order valence-corrected chi connectivity index (χ4v) is 1.47. The zero-order valence-corrected chi connectivity index (χ0v) is 7.49. The summed E-state index contributed by atoms with van der Waals surface area (Å²) in [5.41, 5.74) is 1.22. The number of aromatic nitrogens is 1. The summed E-state index contributed by atoms with van der Waals surface area (Å²) >= 11 is 0. The molecule has 0 saturated heterocycles. The highest BCUT2D eigenvalue weighted by atomic mass is 19.1. The Balaban J connectivity index is 2.83. The largest absolute Gasteiger partial charge is 0.348 e. The number of benzene rings is 1. The highest BCUT2D eigenvalue weighted by molar-refractivity contribution is 5.92. The van der Waals surface area contributed by atoms with Crippen LogP contribution in [0.1, 0.15) is 0 Å². The van der Waals surface area contributed by atoms with Gasteiger partial charge in [0.1, 0.15) is 11.5 Å². The summed E-state index contributed by atoms with van der Waals surface area (Å²) in [6.45, 7) is 0. The van der Waals surface area contributed by atoms with E-state index in [1.165, 1.54) is 18.2 Å². The number of rotatable bonds is 1. The van der Waals surface area contributed by atoms with Gasteiger partial charge in [-0.1, -0.05) is 0 Å². The number of hydrogen-bond donors (Lipinski definition) is 0. The molecule has 70 valence electrons. The Bertz CT molecular complexity index is 538. The summed E-state index contributed by atoms with van der Waals surface area (Å²) in [4.78, 5) is 13.7. The zero-order chi connectivity index (χ0) is 10.1. The SMILES string of the molecule is Cn1cc(N=C=O)c2ccc(F)cc21. The van der Waals surface area contributed by atoms with Crippen LogP contribution in [0.3, 0.4) is 0 Å². The molecule has 2 rings (SSSR count). The van der Waals surface area contributed by atoms with Gasteiger partial charge in [0.2, 0.25) is 6.08 Å². The Morgan fingerprint density at radius 2 is 2.29 bits per heavy atom. The van der Waals surface area contributed by atoms with Crippen molar-refractivity contribution in [2.45, 2.75) is 0 Å². The van der Waals surface area contributed by atoms with Crippen molar-refractivity contribution in [2.24, 2.45) is 12.0 Å². The Hall–Kier alpha value is -1.93. The number of nitrogens with zero attached hydrogens (tertiary/aromatic N) is 2. The molecule has 0 radical (unpaired) electrons. The molecule has 1 aromatic heterocycles. The first-order valence-corrected chi connectivity index (χ1v) is 4.05. The van der Waals surface area contributed by atoms with Gasteiger partial charge in [0, 0.05) is 18.6 Å². The lowest BCUT2D eigenvalue weighted by atomic mass is 10.2. The summed E-state index contributed by atoms with van der Waals surface area (Å²) in [5.74, 6) is -0.305.